The van der Waals surface area contributed by atoms with Gasteiger partial charge < -0.3 is 15.0 Å². The van der Waals surface area contributed by atoms with E-state index in [4.69, 9.17) is 4.98 Å². The maximum absolute atomic E-state index is 14.4. The first-order valence-electron chi connectivity index (χ1n) is 13.8. The molecule has 7 rings (SSSR count). The highest BCUT2D eigenvalue weighted by molar-refractivity contribution is 7.22. The van der Waals surface area contributed by atoms with Gasteiger partial charge in [-0.3, -0.25) is 9.36 Å². The Labute approximate surface area is 240 Å². The molecule has 6 aromatic rings. The van der Waals surface area contributed by atoms with Gasteiger partial charge in [0.2, 0.25) is 0 Å². The fraction of sp³-hybridized carbons (Fsp3) is 0.212. The van der Waals surface area contributed by atoms with E-state index in [1.807, 2.05) is 36.4 Å². The maximum Gasteiger partial charge on any atom is 0.269 e. The number of aromatic hydroxyl groups is 1. The molecule has 1 aliphatic rings. The molecule has 1 aliphatic heterocycles. The standard InChI is InChI=1S/C33H29FN4O2S/c1-37-15-12-21(13-16-37)20-6-8-22(9-7-20)29-18-23-14-17-38(33(40)31(23)41-29)30(25-19-24(34)10-11-28(25)39)32-35-26-4-2-3-5-27(26)36-32/h2-11,14,17-19,21,30,39H,12-13,15-16H2,1H3,(H,35,36). The monoisotopic (exact) mass is 564 g/mol. The Bertz CT molecular complexity index is 1900. The summed E-state index contributed by atoms with van der Waals surface area (Å²) in [4.78, 5) is 25.4. The summed E-state index contributed by atoms with van der Waals surface area (Å²) in [7, 11) is 2.18. The number of thiophene rings is 1. The Balaban J connectivity index is 1.30. The van der Waals surface area contributed by atoms with Gasteiger partial charge in [-0.1, -0.05) is 36.4 Å². The van der Waals surface area contributed by atoms with Crippen LogP contribution in [0.5, 0.6) is 5.75 Å². The van der Waals surface area contributed by atoms with Crippen molar-refractivity contribution in [1.29, 1.82) is 0 Å². The molecule has 6 nitrogen and oxygen atoms in total. The number of aromatic nitrogens is 3. The zero-order valence-electron chi connectivity index (χ0n) is 22.5. The Hall–Kier alpha value is -4.27. The third-order valence-electron chi connectivity index (χ3n) is 8.22. The molecule has 206 valence electrons. The van der Waals surface area contributed by atoms with Gasteiger partial charge in [0.1, 0.15) is 28.1 Å². The van der Waals surface area contributed by atoms with E-state index in [0.29, 0.717) is 16.4 Å². The normalized spacial score (nSPS) is 15.6. The number of benzene rings is 3. The second-order valence-electron chi connectivity index (χ2n) is 10.9. The zero-order chi connectivity index (χ0) is 28.1. The molecule has 1 fully saturated rings. The number of nitrogens with zero attached hydrogens (tertiary/aromatic N) is 3. The number of likely N-dealkylation sites (tertiary alicyclic amines) is 1. The number of pyridine rings is 1. The number of phenols is 1. The predicted octanol–water partition coefficient (Wildman–Crippen LogP) is 6.90. The van der Waals surface area contributed by atoms with Crippen molar-refractivity contribution in [1.82, 2.24) is 19.4 Å². The molecule has 3 aromatic carbocycles. The number of aromatic amines is 1. The minimum Gasteiger partial charge on any atom is -0.508 e. The van der Waals surface area contributed by atoms with Gasteiger partial charge in [0.15, 0.2) is 0 Å². The minimum atomic E-state index is -0.852. The van der Waals surface area contributed by atoms with Gasteiger partial charge in [-0.25, -0.2) is 9.37 Å². The first-order valence-corrected chi connectivity index (χ1v) is 14.6. The average Bonchev–Trinajstić information content (AvgIpc) is 3.62. The fourth-order valence-corrected chi connectivity index (χ4v) is 7.02. The van der Waals surface area contributed by atoms with Crippen molar-refractivity contribution >= 4 is 32.5 Å². The number of hydrogen-bond donors (Lipinski definition) is 2. The molecule has 0 bridgehead atoms. The number of hydrogen-bond acceptors (Lipinski definition) is 5. The molecule has 8 heteroatoms. The van der Waals surface area contributed by atoms with Crippen molar-refractivity contribution in [3.63, 3.8) is 0 Å². The van der Waals surface area contributed by atoms with Crippen LogP contribution in [0.15, 0.2) is 89.9 Å². The fourth-order valence-electron chi connectivity index (χ4n) is 5.92. The molecule has 1 atom stereocenters. The molecule has 4 heterocycles. The van der Waals surface area contributed by atoms with Crippen LogP contribution in [0, 0.1) is 5.82 Å². The van der Waals surface area contributed by atoms with Crippen LogP contribution in [-0.2, 0) is 0 Å². The third-order valence-corrected chi connectivity index (χ3v) is 9.41. The number of H-pyrrole nitrogens is 1. The molecule has 0 saturated carbocycles. The molecule has 3 aromatic heterocycles. The molecule has 0 spiro atoms. The van der Waals surface area contributed by atoms with Crippen LogP contribution in [0.4, 0.5) is 4.39 Å². The van der Waals surface area contributed by atoms with E-state index >= 15 is 0 Å². The number of rotatable bonds is 5. The summed E-state index contributed by atoms with van der Waals surface area (Å²) in [6.45, 7) is 2.24. The van der Waals surface area contributed by atoms with E-state index in [0.717, 1.165) is 39.9 Å². The number of para-hydroxylation sites is 2. The zero-order valence-corrected chi connectivity index (χ0v) is 23.4. The Morgan fingerprint density at radius 1 is 1.02 bits per heavy atom. The highest BCUT2D eigenvalue weighted by atomic mass is 32.1. The third kappa shape index (κ3) is 4.73. The number of phenolic OH excluding ortho intramolecular Hbond substituents is 1. The van der Waals surface area contributed by atoms with Crippen molar-refractivity contribution < 1.29 is 9.50 Å². The Kier molecular flexibility index (Phi) is 6.44. The maximum atomic E-state index is 14.4. The van der Waals surface area contributed by atoms with Crippen LogP contribution in [0.3, 0.4) is 0 Å². The quantitative estimate of drug-likeness (QED) is 0.239. The number of nitrogens with one attached hydrogen (secondary N) is 1. The van der Waals surface area contributed by atoms with Crippen LogP contribution < -0.4 is 5.56 Å². The smallest absolute Gasteiger partial charge is 0.269 e. The van der Waals surface area contributed by atoms with E-state index in [1.165, 1.54) is 52.5 Å². The summed E-state index contributed by atoms with van der Waals surface area (Å²) >= 11 is 1.45. The summed E-state index contributed by atoms with van der Waals surface area (Å²) in [5, 5.41) is 11.6. The molecule has 1 unspecified atom stereocenters. The molecular formula is C33H29FN4O2S. The lowest BCUT2D eigenvalue weighted by Gasteiger charge is -2.29. The van der Waals surface area contributed by atoms with Crippen LogP contribution in [0.2, 0.25) is 0 Å². The topological polar surface area (TPSA) is 74.2 Å². The van der Waals surface area contributed by atoms with Gasteiger partial charge in [-0.2, -0.15) is 0 Å². The van der Waals surface area contributed by atoms with Crippen molar-refractivity contribution in [2.75, 3.05) is 20.1 Å². The number of fused-ring (bicyclic) bond motifs is 2. The van der Waals surface area contributed by atoms with E-state index in [2.05, 4.69) is 41.2 Å². The second-order valence-corrected chi connectivity index (χ2v) is 11.9. The van der Waals surface area contributed by atoms with E-state index < -0.39 is 11.9 Å². The Morgan fingerprint density at radius 3 is 2.59 bits per heavy atom. The highest BCUT2D eigenvalue weighted by Gasteiger charge is 2.26. The summed E-state index contributed by atoms with van der Waals surface area (Å²) in [5.41, 5.74) is 3.99. The van der Waals surface area contributed by atoms with Gasteiger partial charge in [-0.15, -0.1) is 11.3 Å². The lowest BCUT2D eigenvalue weighted by molar-refractivity contribution is 0.255. The highest BCUT2D eigenvalue weighted by Crippen LogP contribution is 2.36. The van der Waals surface area contributed by atoms with Gasteiger partial charge in [0.25, 0.3) is 5.56 Å². The van der Waals surface area contributed by atoms with Crippen molar-refractivity contribution in [3.05, 3.63) is 118 Å². The molecule has 0 radical (unpaired) electrons. The molecule has 0 aliphatic carbocycles. The van der Waals surface area contributed by atoms with Crippen molar-refractivity contribution in [3.8, 4) is 16.2 Å². The first kappa shape index (κ1) is 25.7. The molecule has 41 heavy (non-hydrogen) atoms. The Morgan fingerprint density at radius 2 is 1.80 bits per heavy atom. The van der Waals surface area contributed by atoms with Crippen LogP contribution >= 0.6 is 11.3 Å². The number of halogens is 1. The van der Waals surface area contributed by atoms with Gasteiger partial charge in [0.05, 0.1) is 11.0 Å². The molecule has 2 N–H and O–H groups in total. The molecule has 1 saturated heterocycles. The SMILES string of the molecule is CN1CCC(c2ccc(-c3cc4ccn(C(c5nc6ccccc6[nH]5)c5cc(F)ccc5O)c(=O)c4s3)cc2)CC1. The van der Waals surface area contributed by atoms with Crippen LogP contribution in [0.1, 0.15) is 41.8 Å². The lowest BCUT2D eigenvalue weighted by atomic mass is 9.89. The minimum absolute atomic E-state index is 0.111. The van der Waals surface area contributed by atoms with Gasteiger partial charge >= 0.3 is 0 Å². The van der Waals surface area contributed by atoms with Crippen molar-refractivity contribution in [2.24, 2.45) is 0 Å². The van der Waals surface area contributed by atoms with E-state index in [-0.39, 0.29) is 16.9 Å². The second kappa shape index (κ2) is 10.3. The van der Waals surface area contributed by atoms with Crippen LogP contribution in [-0.4, -0.2) is 44.7 Å². The van der Waals surface area contributed by atoms with Crippen molar-refractivity contribution in [2.45, 2.75) is 24.8 Å². The number of imidazole rings is 1. The van der Waals surface area contributed by atoms with Gasteiger partial charge in [-0.05, 0) is 92.5 Å². The summed E-state index contributed by atoms with van der Waals surface area (Å²) in [6.07, 6.45) is 4.05. The number of piperidine rings is 1. The summed E-state index contributed by atoms with van der Waals surface area (Å²) < 4.78 is 16.5. The first-order chi connectivity index (χ1) is 19.9. The average molecular weight is 565 g/mol. The molecule has 0 amide bonds. The predicted molar refractivity (Wildman–Crippen MR) is 162 cm³/mol. The lowest BCUT2D eigenvalue weighted by Crippen LogP contribution is -2.29. The molecular weight excluding hydrogens is 535 g/mol. The van der Waals surface area contributed by atoms with E-state index in [9.17, 15) is 14.3 Å². The van der Waals surface area contributed by atoms with Gasteiger partial charge in [0, 0.05) is 22.0 Å². The van der Waals surface area contributed by atoms with E-state index in [1.54, 1.807) is 6.20 Å². The largest absolute Gasteiger partial charge is 0.508 e. The van der Waals surface area contributed by atoms with Crippen LogP contribution in [0.25, 0.3) is 31.6 Å². The summed E-state index contributed by atoms with van der Waals surface area (Å²) in [6, 6.07) is 23.1. The summed E-state index contributed by atoms with van der Waals surface area (Å²) in [5.74, 6) is 0.412.